The van der Waals surface area contributed by atoms with Gasteiger partial charge in [-0.25, -0.2) is 8.42 Å². The van der Waals surface area contributed by atoms with Crippen LogP contribution >= 0.6 is 0 Å². The molecule has 0 aliphatic rings. The average Bonchev–Trinajstić information content (AvgIpc) is 2.80. The van der Waals surface area contributed by atoms with Gasteiger partial charge < -0.3 is 15.4 Å². The standard InChI is InChI=1S/C21H20N4O6S/c1-30-19-12-16(7-10-18(19)24-21(27)15-4-3-11-22-13-15)23-20(26)14-5-8-17(9-6-14)32(28,29)25-31-2/h3-13,25H,1-2H3,(H,23,26)(H,24,27). The summed E-state index contributed by atoms with van der Waals surface area (Å²) in [6.45, 7) is 0. The van der Waals surface area contributed by atoms with Crippen molar-refractivity contribution < 1.29 is 27.6 Å². The summed E-state index contributed by atoms with van der Waals surface area (Å²) < 4.78 is 29.1. The fraction of sp³-hybridized carbons (Fsp3) is 0.0952. The monoisotopic (exact) mass is 456 g/mol. The minimum Gasteiger partial charge on any atom is -0.494 e. The summed E-state index contributed by atoms with van der Waals surface area (Å²) in [6.07, 6.45) is 3.01. The van der Waals surface area contributed by atoms with Gasteiger partial charge in [0, 0.05) is 29.7 Å². The van der Waals surface area contributed by atoms with Gasteiger partial charge in [0.1, 0.15) is 5.75 Å². The number of hydrogen-bond acceptors (Lipinski definition) is 7. The number of rotatable bonds is 8. The fourth-order valence-electron chi connectivity index (χ4n) is 2.71. The van der Waals surface area contributed by atoms with Crippen molar-refractivity contribution in [2.24, 2.45) is 0 Å². The Morgan fingerprint density at radius 3 is 2.25 bits per heavy atom. The van der Waals surface area contributed by atoms with Crippen molar-refractivity contribution in [2.45, 2.75) is 4.90 Å². The normalized spacial score (nSPS) is 10.9. The first-order valence-electron chi connectivity index (χ1n) is 9.19. The van der Waals surface area contributed by atoms with Crippen LogP contribution in [0.4, 0.5) is 11.4 Å². The quantitative estimate of drug-likeness (QED) is 0.443. The van der Waals surface area contributed by atoms with E-state index in [1.807, 2.05) is 4.89 Å². The molecule has 0 bridgehead atoms. The molecule has 0 saturated heterocycles. The van der Waals surface area contributed by atoms with Crippen molar-refractivity contribution in [2.75, 3.05) is 24.9 Å². The van der Waals surface area contributed by atoms with Crippen molar-refractivity contribution in [3.05, 3.63) is 78.1 Å². The van der Waals surface area contributed by atoms with E-state index in [0.29, 0.717) is 22.7 Å². The van der Waals surface area contributed by atoms with Crippen molar-refractivity contribution in [1.82, 2.24) is 9.87 Å². The number of carbonyl (C=O) groups excluding carboxylic acids is 2. The Hall–Kier alpha value is -3.80. The number of sulfonamides is 1. The van der Waals surface area contributed by atoms with Gasteiger partial charge >= 0.3 is 0 Å². The van der Waals surface area contributed by atoms with Gasteiger partial charge in [-0.15, -0.1) is 0 Å². The molecular weight excluding hydrogens is 436 g/mol. The Kier molecular flexibility index (Phi) is 7.15. The topological polar surface area (TPSA) is 136 Å². The summed E-state index contributed by atoms with van der Waals surface area (Å²) in [6, 6.07) is 13.3. The zero-order valence-corrected chi connectivity index (χ0v) is 18.0. The molecule has 0 atom stereocenters. The van der Waals surface area contributed by atoms with Crippen LogP contribution in [0.5, 0.6) is 5.75 Å². The molecule has 0 spiro atoms. The third kappa shape index (κ3) is 5.46. The maximum atomic E-state index is 12.5. The molecule has 2 aromatic carbocycles. The molecule has 3 aromatic rings. The van der Waals surface area contributed by atoms with E-state index < -0.39 is 15.9 Å². The van der Waals surface area contributed by atoms with Crippen LogP contribution in [0.1, 0.15) is 20.7 Å². The first-order valence-corrected chi connectivity index (χ1v) is 10.7. The molecule has 1 heterocycles. The second-order valence-corrected chi connectivity index (χ2v) is 8.03. The molecule has 0 radical (unpaired) electrons. The van der Waals surface area contributed by atoms with Crippen LogP contribution in [-0.4, -0.2) is 39.4 Å². The van der Waals surface area contributed by atoms with E-state index in [9.17, 15) is 18.0 Å². The minimum absolute atomic E-state index is 0.0497. The molecule has 32 heavy (non-hydrogen) atoms. The van der Waals surface area contributed by atoms with Crippen LogP contribution in [0, 0.1) is 0 Å². The number of benzene rings is 2. The van der Waals surface area contributed by atoms with E-state index in [2.05, 4.69) is 20.5 Å². The number of carbonyl (C=O) groups is 2. The Morgan fingerprint density at radius 2 is 1.62 bits per heavy atom. The highest BCUT2D eigenvalue weighted by Gasteiger charge is 2.16. The second-order valence-electron chi connectivity index (χ2n) is 6.38. The molecule has 3 N–H and O–H groups in total. The fourth-order valence-corrected chi connectivity index (χ4v) is 3.52. The van der Waals surface area contributed by atoms with Crippen LogP contribution < -0.4 is 20.3 Å². The lowest BCUT2D eigenvalue weighted by atomic mass is 10.2. The van der Waals surface area contributed by atoms with Crippen molar-refractivity contribution in [3.63, 3.8) is 0 Å². The summed E-state index contributed by atoms with van der Waals surface area (Å²) >= 11 is 0. The average molecular weight is 456 g/mol. The number of aromatic nitrogens is 1. The number of pyridine rings is 1. The molecule has 11 heteroatoms. The molecule has 10 nitrogen and oxygen atoms in total. The van der Waals surface area contributed by atoms with Crippen molar-refractivity contribution in [1.29, 1.82) is 0 Å². The molecule has 0 unspecified atom stereocenters. The highest BCUT2D eigenvalue weighted by molar-refractivity contribution is 7.89. The molecule has 166 valence electrons. The number of nitrogens with one attached hydrogen (secondary N) is 3. The Labute approximate surface area is 184 Å². The van der Waals surface area contributed by atoms with E-state index in [1.54, 1.807) is 36.5 Å². The summed E-state index contributed by atoms with van der Waals surface area (Å²) in [7, 11) is -1.19. The van der Waals surface area contributed by atoms with Gasteiger partial charge in [-0.1, -0.05) is 4.89 Å². The number of amides is 2. The molecule has 0 aliphatic heterocycles. The van der Waals surface area contributed by atoms with Crippen LogP contribution in [-0.2, 0) is 14.9 Å². The zero-order valence-electron chi connectivity index (χ0n) is 17.2. The van der Waals surface area contributed by atoms with E-state index in [1.165, 1.54) is 44.7 Å². The summed E-state index contributed by atoms with van der Waals surface area (Å²) in [5, 5.41) is 5.43. The largest absolute Gasteiger partial charge is 0.494 e. The second kappa shape index (κ2) is 10.0. The predicted molar refractivity (Wildman–Crippen MR) is 117 cm³/mol. The van der Waals surface area contributed by atoms with Crippen molar-refractivity contribution in [3.8, 4) is 5.75 Å². The smallest absolute Gasteiger partial charge is 0.262 e. The summed E-state index contributed by atoms with van der Waals surface area (Å²) in [5.74, 6) is -0.471. The van der Waals surface area contributed by atoms with Gasteiger partial charge in [-0.2, -0.15) is 0 Å². The Morgan fingerprint density at radius 1 is 0.906 bits per heavy atom. The highest BCUT2D eigenvalue weighted by atomic mass is 32.2. The first kappa shape index (κ1) is 22.9. The first-order chi connectivity index (χ1) is 15.3. The maximum Gasteiger partial charge on any atom is 0.262 e. The van der Waals surface area contributed by atoms with E-state index >= 15 is 0 Å². The lowest BCUT2D eigenvalue weighted by Crippen LogP contribution is -2.22. The lowest BCUT2D eigenvalue weighted by Gasteiger charge is -2.13. The van der Waals surface area contributed by atoms with Crippen LogP contribution in [0.2, 0.25) is 0 Å². The summed E-state index contributed by atoms with van der Waals surface area (Å²) in [4.78, 5) is 35.1. The molecule has 0 fully saturated rings. The number of anilines is 2. The molecule has 3 rings (SSSR count). The molecule has 0 aliphatic carbocycles. The van der Waals surface area contributed by atoms with E-state index in [4.69, 9.17) is 4.74 Å². The number of hydrogen-bond donors (Lipinski definition) is 3. The lowest BCUT2D eigenvalue weighted by molar-refractivity contribution is 0.101. The molecule has 1 aromatic heterocycles. The van der Waals surface area contributed by atoms with Crippen LogP contribution in [0.15, 0.2) is 71.9 Å². The van der Waals surface area contributed by atoms with E-state index in [-0.39, 0.29) is 16.4 Å². The third-order valence-corrected chi connectivity index (χ3v) is 5.53. The van der Waals surface area contributed by atoms with Crippen molar-refractivity contribution >= 4 is 33.2 Å². The Balaban J connectivity index is 1.72. The zero-order chi connectivity index (χ0) is 23.1. The minimum atomic E-state index is -3.81. The van der Waals surface area contributed by atoms with Gasteiger partial charge in [0.05, 0.1) is 30.4 Å². The van der Waals surface area contributed by atoms with E-state index in [0.717, 1.165) is 0 Å². The van der Waals surface area contributed by atoms with Crippen LogP contribution in [0.25, 0.3) is 0 Å². The van der Waals surface area contributed by atoms with Gasteiger partial charge in [-0.05, 0) is 48.5 Å². The Bertz CT molecular complexity index is 1210. The SMILES string of the molecule is CONS(=O)(=O)c1ccc(C(=O)Nc2ccc(NC(=O)c3cccnc3)c(OC)c2)cc1. The molecule has 0 saturated carbocycles. The third-order valence-electron chi connectivity index (χ3n) is 4.25. The van der Waals surface area contributed by atoms with Gasteiger partial charge in [-0.3, -0.25) is 19.4 Å². The molecular formula is C21H20N4O6S. The van der Waals surface area contributed by atoms with Gasteiger partial charge in [0.25, 0.3) is 21.8 Å². The maximum absolute atomic E-state index is 12.5. The predicted octanol–water partition coefficient (Wildman–Crippen LogP) is 2.43. The van der Waals surface area contributed by atoms with Crippen LogP contribution in [0.3, 0.4) is 0 Å². The number of nitrogens with zero attached hydrogens (tertiary/aromatic N) is 1. The summed E-state index contributed by atoms with van der Waals surface area (Å²) in [5.41, 5.74) is 1.47. The highest BCUT2D eigenvalue weighted by Crippen LogP contribution is 2.28. The van der Waals surface area contributed by atoms with Gasteiger partial charge in [0.2, 0.25) is 0 Å². The van der Waals surface area contributed by atoms with Gasteiger partial charge in [0.15, 0.2) is 0 Å². The number of methoxy groups -OCH3 is 1. The molecule has 2 amide bonds. The number of ether oxygens (including phenoxy) is 1.